The van der Waals surface area contributed by atoms with Crippen LogP contribution in [0.25, 0.3) is 0 Å². The number of carbonyl (C=O) groups is 1. The number of amides is 1. The maximum absolute atomic E-state index is 13.2. The highest BCUT2D eigenvalue weighted by atomic mass is 16.5. The lowest BCUT2D eigenvalue weighted by atomic mass is 9.56. The molecule has 1 amide bonds. The number of aliphatic hydroxyl groups is 1. The first-order valence-electron chi connectivity index (χ1n) is 13.9. The van der Waals surface area contributed by atoms with Crippen LogP contribution < -0.4 is 4.74 Å². The minimum atomic E-state index is -0.460. The fourth-order valence-corrected chi connectivity index (χ4v) is 6.64. The number of ether oxygens (including phenoxy) is 1. The summed E-state index contributed by atoms with van der Waals surface area (Å²) in [6, 6.07) is 18.9. The summed E-state index contributed by atoms with van der Waals surface area (Å²) in [6.45, 7) is 6.55. The van der Waals surface area contributed by atoms with Crippen molar-refractivity contribution in [2.75, 3.05) is 33.8 Å². The number of hydrogen-bond acceptors (Lipinski definition) is 4. The summed E-state index contributed by atoms with van der Waals surface area (Å²) in [7, 11) is 3.64. The number of fused-ring (bicyclic) bond motifs is 1. The number of aliphatic hydroxyl groups excluding tert-OH is 1. The molecule has 2 aliphatic rings. The third-order valence-electron chi connectivity index (χ3n) is 8.79. The van der Waals surface area contributed by atoms with Crippen LogP contribution in [0.2, 0.25) is 0 Å². The van der Waals surface area contributed by atoms with Gasteiger partial charge < -0.3 is 14.7 Å². The first kappa shape index (κ1) is 27.4. The molecule has 2 fully saturated rings. The molecule has 0 spiro atoms. The molecule has 1 saturated heterocycles. The maximum atomic E-state index is 13.2. The molecule has 4 rings (SSSR count). The Morgan fingerprint density at radius 2 is 2.00 bits per heavy atom. The molecular weight excluding hydrogens is 460 g/mol. The highest BCUT2D eigenvalue weighted by molar-refractivity contribution is 5.76. The smallest absolute Gasteiger partial charge is 0.222 e. The number of piperidine rings is 1. The fourth-order valence-electron chi connectivity index (χ4n) is 6.64. The number of carbonyl (C=O) groups excluding carboxylic acids is 1. The minimum absolute atomic E-state index is 0.0280. The number of methoxy groups -OCH3 is 1. The predicted octanol–water partition coefficient (Wildman–Crippen LogP) is 5.23. The Morgan fingerprint density at radius 3 is 2.76 bits per heavy atom. The van der Waals surface area contributed by atoms with E-state index in [0.717, 1.165) is 63.9 Å². The summed E-state index contributed by atoms with van der Waals surface area (Å²) in [5.74, 6) is 1.15. The van der Waals surface area contributed by atoms with Crippen LogP contribution in [-0.4, -0.2) is 66.8 Å². The van der Waals surface area contributed by atoms with Gasteiger partial charge in [-0.2, -0.15) is 0 Å². The average Bonchev–Trinajstić information content (AvgIpc) is 2.93. The molecule has 2 aromatic rings. The first-order valence-corrected chi connectivity index (χ1v) is 13.9. The third kappa shape index (κ3) is 6.45. The van der Waals surface area contributed by atoms with Crippen LogP contribution in [0.5, 0.6) is 5.75 Å². The van der Waals surface area contributed by atoms with Crippen LogP contribution in [0.1, 0.15) is 56.1 Å². The number of rotatable bonds is 11. The number of nitrogens with zero attached hydrogens (tertiary/aromatic N) is 2. The fraction of sp³-hybridized carbons (Fsp3) is 0.531. The maximum Gasteiger partial charge on any atom is 0.222 e. The molecule has 1 saturated carbocycles. The van der Waals surface area contributed by atoms with Crippen molar-refractivity contribution in [1.82, 2.24) is 9.80 Å². The van der Waals surface area contributed by atoms with Crippen LogP contribution >= 0.6 is 0 Å². The lowest BCUT2D eigenvalue weighted by molar-refractivity contribution is -0.136. The second-order valence-electron chi connectivity index (χ2n) is 11.0. The second kappa shape index (κ2) is 12.7. The van der Waals surface area contributed by atoms with Crippen molar-refractivity contribution in [2.24, 2.45) is 5.92 Å². The van der Waals surface area contributed by atoms with Gasteiger partial charge in [0.05, 0.1) is 13.2 Å². The van der Waals surface area contributed by atoms with E-state index in [1.165, 1.54) is 11.1 Å². The van der Waals surface area contributed by atoms with E-state index < -0.39 is 6.10 Å². The average molecular weight is 505 g/mol. The third-order valence-corrected chi connectivity index (χ3v) is 8.79. The van der Waals surface area contributed by atoms with Gasteiger partial charge in [0.2, 0.25) is 5.91 Å². The highest BCUT2D eigenvalue weighted by Crippen LogP contribution is 2.50. The van der Waals surface area contributed by atoms with Crippen molar-refractivity contribution in [3.8, 4) is 5.75 Å². The van der Waals surface area contributed by atoms with Crippen molar-refractivity contribution < 1.29 is 14.6 Å². The summed E-state index contributed by atoms with van der Waals surface area (Å²) < 4.78 is 5.56. The van der Waals surface area contributed by atoms with Gasteiger partial charge in [-0.3, -0.25) is 9.69 Å². The van der Waals surface area contributed by atoms with Gasteiger partial charge in [0.25, 0.3) is 0 Å². The highest BCUT2D eigenvalue weighted by Gasteiger charge is 2.52. The number of hydrogen-bond donors (Lipinski definition) is 1. The molecule has 0 bridgehead atoms. The quantitative estimate of drug-likeness (QED) is 0.337. The summed E-state index contributed by atoms with van der Waals surface area (Å²) in [5, 5.41) is 11.5. The Morgan fingerprint density at radius 1 is 1.19 bits per heavy atom. The van der Waals surface area contributed by atoms with Gasteiger partial charge in [-0.15, -0.1) is 6.58 Å². The van der Waals surface area contributed by atoms with Crippen molar-refractivity contribution in [3.05, 3.63) is 78.4 Å². The predicted molar refractivity (Wildman–Crippen MR) is 150 cm³/mol. The van der Waals surface area contributed by atoms with E-state index in [2.05, 4.69) is 53.9 Å². The molecule has 1 aliphatic heterocycles. The SMILES string of the molecule is C=CCN1CCC2(c3cccc(OC)c3)CC(N(C)C(=O)CCCCCc3ccccc3)CC(O)C2C1. The van der Waals surface area contributed by atoms with Gasteiger partial charge in [0, 0.05) is 43.9 Å². The molecule has 0 radical (unpaired) electrons. The van der Waals surface area contributed by atoms with E-state index in [9.17, 15) is 9.90 Å². The molecule has 4 atom stereocenters. The van der Waals surface area contributed by atoms with Crippen molar-refractivity contribution >= 4 is 5.91 Å². The zero-order valence-corrected chi connectivity index (χ0v) is 22.6. The van der Waals surface area contributed by atoms with E-state index in [1.807, 2.05) is 30.2 Å². The van der Waals surface area contributed by atoms with E-state index in [4.69, 9.17) is 4.74 Å². The van der Waals surface area contributed by atoms with Gasteiger partial charge >= 0.3 is 0 Å². The zero-order chi connectivity index (χ0) is 26.3. The van der Waals surface area contributed by atoms with E-state index in [-0.39, 0.29) is 23.3 Å². The largest absolute Gasteiger partial charge is 0.497 e. The molecule has 5 nitrogen and oxygen atoms in total. The number of aryl methyl sites for hydroxylation is 1. The molecule has 0 aromatic heterocycles. The van der Waals surface area contributed by atoms with Gasteiger partial charge in [0.15, 0.2) is 0 Å². The summed E-state index contributed by atoms with van der Waals surface area (Å²) in [4.78, 5) is 17.6. The van der Waals surface area contributed by atoms with Crippen LogP contribution in [0.4, 0.5) is 0 Å². The Hall–Kier alpha value is -2.63. The summed E-state index contributed by atoms with van der Waals surface area (Å²) in [5.41, 5.74) is 2.40. The number of benzene rings is 2. The van der Waals surface area contributed by atoms with Gasteiger partial charge in [-0.05, 0) is 68.3 Å². The van der Waals surface area contributed by atoms with Crippen LogP contribution in [0.3, 0.4) is 0 Å². The molecule has 5 heteroatoms. The Kier molecular flexibility index (Phi) is 9.44. The molecule has 1 N–H and O–H groups in total. The normalized spacial score (nSPS) is 25.8. The van der Waals surface area contributed by atoms with Crippen LogP contribution in [-0.2, 0) is 16.6 Å². The molecule has 37 heavy (non-hydrogen) atoms. The lowest BCUT2D eigenvalue weighted by Crippen LogP contribution is -2.61. The molecule has 200 valence electrons. The van der Waals surface area contributed by atoms with Crippen molar-refractivity contribution in [1.29, 1.82) is 0 Å². The molecular formula is C32H44N2O3. The van der Waals surface area contributed by atoms with Crippen molar-refractivity contribution in [3.63, 3.8) is 0 Å². The summed E-state index contributed by atoms with van der Waals surface area (Å²) in [6.07, 6.45) is 8.64. The van der Waals surface area contributed by atoms with E-state index >= 15 is 0 Å². The van der Waals surface area contributed by atoms with Gasteiger partial charge in [-0.1, -0.05) is 55.0 Å². The van der Waals surface area contributed by atoms with Crippen molar-refractivity contribution in [2.45, 2.75) is 68.9 Å². The molecule has 2 aromatic carbocycles. The van der Waals surface area contributed by atoms with Gasteiger partial charge in [-0.25, -0.2) is 0 Å². The van der Waals surface area contributed by atoms with Crippen LogP contribution in [0, 0.1) is 5.92 Å². The lowest BCUT2D eigenvalue weighted by Gasteiger charge is -2.56. The second-order valence-corrected chi connectivity index (χ2v) is 11.0. The molecule has 1 heterocycles. The van der Waals surface area contributed by atoms with E-state index in [0.29, 0.717) is 12.8 Å². The standard InChI is InChI=1S/C32H44N2O3/c1-4-19-34-20-18-32(26-15-11-16-28(21-26)37-3)23-27(22-30(35)29(32)24-34)33(2)31(36)17-10-6-9-14-25-12-7-5-8-13-25/h4-5,7-8,11-13,15-16,21,27,29-30,35H,1,6,9-10,14,17-20,22-24H2,2-3H3. The molecule has 4 unspecified atom stereocenters. The minimum Gasteiger partial charge on any atom is -0.497 e. The summed E-state index contributed by atoms with van der Waals surface area (Å²) >= 11 is 0. The number of unbranched alkanes of at least 4 members (excludes halogenated alkanes) is 2. The number of likely N-dealkylation sites (tertiary alicyclic amines) is 1. The topological polar surface area (TPSA) is 53.0 Å². The van der Waals surface area contributed by atoms with E-state index in [1.54, 1.807) is 7.11 Å². The zero-order valence-electron chi connectivity index (χ0n) is 22.6. The van der Waals surface area contributed by atoms with Crippen LogP contribution in [0.15, 0.2) is 67.3 Å². The first-order chi connectivity index (χ1) is 18.0. The Bertz CT molecular complexity index is 1030. The molecule has 1 aliphatic carbocycles. The Balaban J connectivity index is 1.42. The Labute approximate surface area is 223 Å². The monoisotopic (exact) mass is 504 g/mol. The van der Waals surface area contributed by atoms with Gasteiger partial charge in [0.1, 0.15) is 5.75 Å².